The van der Waals surface area contributed by atoms with Crippen LogP contribution in [-0.4, -0.2) is 135 Å². The first kappa shape index (κ1) is 45.2. The van der Waals surface area contributed by atoms with Gasteiger partial charge in [-0.15, -0.1) is 0 Å². The third-order valence-electron chi connectivity index (χ3n) is 11.7. The van der Waals surface area contributed by atoms with Crippen LogP contribution in [0.5, 0.6) is 0 Å². The summed E-state index contributed by atoms with van der Waals surface area (Å²) in [6.07, 6.45) is 12.4. The van der Waals surface area contributed by atoms with Gasteiger partial charge in [0.2, 0.25) is 5.91 Å². The predicted molar refractivity (Wildman–Crippen MR) is 205 cm³/mol. The van der Waals surface area contributed by atoms with Gasteiger partial charge in [-0.1, -0.05) is 27.2 Å². The zero-order valence-corrected chi connectivity index (χ0v) is 32.8. The van der Waals surface area contributed by atoms with E-state index >= 15 is 4.39 Å². The molecule has 13 heteroatoms. The number of aldehydes is 2. The van der Waals surface area contributed by atoms with E-state index in [4.69, 9.17) is 10.5 Å². The average molecular weight is 735 g/mol. The standard InChI is InChI=1S/C30H43FN4O4.C7H16N2.C2H6.H2O2/c1-4-21-7-11-34(12-8-21)23-18-30(19-23)9-13-35(14-10-30)27-16-22(20-37)24(17-25(27)31)29(39)33(3)26(6-5-15-36)28(38)32-2;1-8-7-3-5-9(2)6-4-7;2*1-2/h15-17,20-21,23,26H,4-14,18-19H2,1-3H3,(H,32,38);7-8H,3-6H2,1-2H3;1-2H3;1-2H. The number of amides is 2. The van der Waals surface area contributed by atoms with Gasteiger partial charge < -0.3 is 35.0 Å². The Balaban J connectivity index is 0.000000615. The number of hydrogen-bond acceptors (Lipinski definition) is 10. The van der Waals surface area contributed by atoms with E-state index in [1.165, 1.54) is 96.2 Å². The third-order valence-corrected chi connectivity index (χ3v) is 11.7. The van der Waals surface area contributed by atoms with Crippen molar-refractivity contribution in [3.63, 3.8) is 0 Å². The lowest BCUT2D eigenvalue weighted by Gasteiger charge is -2.56. The molecule has 0 bridgehead atoms. The molecule has 3 aliphatic heterocycles. The average Bonchev–Trinajstić information content (AvgIpc) is 3.18. The first-order valence-corrected chi connectivity index (χ1v) is 19.3. The first-order chi connectivity index (χ1) is 25.1. The van der Waals surface area contributed by atoms with Gasteiger partial charge in [0.05, 0.1) is 11.3 Å². The molecule has 1 aromatic carbocycles. The van der Waals surface area contributed by atoms with Gasteiger partial charge in [-0.25, -0.2) is 4.39 Å². The van der Waals surface area contributed by atoms with Crippen LogP contribution >= 0.6 is 0 Å². The molecule has 1 spiro atoms. The molecule has 52 heavy (non-hydrogen) atoms. The fourth-order valence-electron chi connectivity index (χ4n) is 8.18. The molecule has 1 aromatic rings. The van der Waals surface area contributed by atoms with Gasteiger partial charge in [0.15, 0.2) is 6.29 Å². The second kappa shape index (κ2) is 23.0. The Morgan fingerprint density at radius 2 is 1.60 bits per heavy atom. The van der Waals surface area contributed by atoms with Crippen molar-refractivity contribution in [1.29, 1.82) is 0 Å². The number of piperidine rings is 3. The van der Waals surface area contributed by atoms with Crippen LogP contribution in [0.15, 0.2) is 12.1 Å². The van der Waals surface area contributed by atoms with Gasteiger partial charge in [0.1, 0.15) is 18.1 Å². The maximum Gasteiger partial charge on any atom is 0.255 e. The SMILES string of the molecule is CC.CCC1CCN(C2CC3(CCN(c4cc(C=O)c(C(=O)N(C)C(CCC=O)C(=O)NC)cc4F)CC3)C2)CC1.CNC1CCN(C)CC1.OO. The van der Waals surface area contributed by atoms with Crippen molar-refractivity contribution in [2.24, 2.45) is 11.3 Å². The molecule has 4 N–H and O–H groups in total. The second-order valence-corrected chi connectivity index (χ2v) is 14.6. The van der Waals surface area contributed by atoms with Crippen molar-refractivity contribution < 1.29 is 34.1 Å². The summed E-state index contributed by atoms with van der Waals surface area (Å²) in [5.74, 6) is -0.735. The predicted octanol–water partition coefficient (Wildman–Crippen LogP) is 5.02. The molecular formula is C39H67FN6O6. The minimum absolute atomic E-state index is 0.0871. The Morgan fingerprint density at radius 3 is 2.10 bits per heavy atom. The highest BCUT2D eigenvalue weighted by Crippen LogP contribution is 2.52. The van der Waals surface area contributed by atoms with Crippen LogP contribution in [0.1, 0.15) is 112 Å². The van der Waals surface area contributed by atoms with Gasteiger partial charge in [-0.3, -0.25) is 24.9 Å². The summed E-state index contributed by atoms with van der Waals surface area (Å²) < 4.78 is 15.4. The van der Waals surface area contributed by atoms with E-state index in [-0.39, 0.29) is 24.0 Å². The van der Waals surface area contributed by atoms with Crippen LogP contribution in [0.3, 0.4) is 0 Å². The molecule has 0 radical (unpaired) electrons. The number of carbonyl (C=O) groups excluding carboxylic acids is 4. The van der Waals surface area contributed by atoms with Crippen molar-refractivity contribution in [3.05, 3.63) is 29.1 Å². The summed E-state index contributed by atoms with van der Waals surface area (Å²) in [4.78, 5) is 56.6. The molecule has 1 aliphatic carbocycles. The summed E-state index contributed by atoms with van der Waals surface area (Å²) in [6.45, 7) is 12.7. The van der Waals surface area contributed by atoms with Crippen molar-refractivity contribution in [1.82, 2.24) is 25.3 Å². The summed E-state index contributed by atoms with van der Waals surface area (Å²) in [7, 11) is 7.11. The first-order valence-electron chi connectivity index (χ1n) is 19.3. The Hall–Kier alpha value is -2.97. The monoisotopic (exact) mass is 735 g/mol. The number of nitrogens with zero attached hydrogens (tertiary/aromatic N) is 4. The fourth-order valence-corrected chi connectivity index (χ4v) is 8.18. The number of hydrogen-bond donors (Lipinski definition) is 4. The van der Waals surface area contributed by atoms with E-state index in [1.54, 1.807) is 0 Å². The molecule has 0 aromatic heterocycles. The minimum Gasteiger partial charge on any atom is -0.369 e. The van der Waals surface area contributed by atoms with Gasteiger partial charge in [-0.2, -0.15) is 0 Å². The second-order valence-electron chi connectivity index (χ2n) is 14.6. The Kier molecular flexibility index (Phi) is 19.9. The van der Waals surface area contributed by atoms with E-state index in [1.807, 2.05) is 18.7 Å². The topological polar surface area (TPSA) is 146 Å². The summed E-state index contributed by atoms with van der Waals surface area (Å²) in [5, 5.41) is 17.8. The molecule has 3 heterocycles. The molecule has 5 rings (SSSR count). The van der Waals surface area contributed by atoms with Crippen LogP contribution < -0.4 is 15.5 Å². The highest BCUT2D eigenvalue weighted by Gasteiger charge is 2.48. The van der Waals surface area contributed by atoms with Crippen molar-refractivity contribution in [2.75, 3.05) is 72.4 Å². The van der Waals surface area contributed by atoms with E-state index in [9.17, 15) is 19.2 Å². The number of halogens is 1. The maximum absolute atomic E-state index is 15.4. The number of nitrogens with one attached hydrogen (secondary N) is 2. The normalized spacial score (nSPS) is 20.1. The van der Waals surface area contributed by atoms with Crippen LogP contribution in [0.25, 0.3) is 0 Å². The van der Waals surface area contributed by atoms with E-state index in [2.05, 4.69) is 41.5 Å². The van der Waals surface area contributed by atoms with Gasteiger partial charge in [0.25, 0.3) is 5.91 Å². The molecule has 1 unspecified atom stereocenters. The highest BCUT2D eigenvalue weighted by atomic mass is 19.1. The number of likely N-dealkylation sites (tertiary alicyclic amines) is 2. The summed E-state index contributed by atoms with van der Waals surface area (Å²) in [5.41, 5.74) is 0.680. The molecule has 4 aliphatic rings. The number of benzene rings is 1. The zero-order valence-electron chi connectivity index (χ0n) is 32.8. The van der Waals surface area contributed by atoms with E-state index < -0.39 is 23.7 Å². The van der Waals surface area contributed by atoms with Gasteiger partial charge in [-0.05, 0) is 122 Å². The van der Waals surface area contributed by atoms with Crippen LogP contribution in [0.2, 0.25) is 0 Å². The Morgan fingerprint density at radius 1 is 1.00 bits per heavy atom. The number of rotatable bonds is 11. The Bertz CT molecular complexity index is 1240. The molecule has 12 nitrogen and oxygen atoms in total. The molecule has 4 fully saturated rings. The summed E-state index contributed by atoms with van der Waals surface area (Å²) in [6, 6.07) is 3.13. The lowest BCUT2D eigenvalue weighted by molar-refractivity contribution is -0.176. The highest BCUT2D eigenvalue weighted by molar-refractivity contribution is 6.03. The molecular weight excluding hydrogens is 667 g/mol. The minimum atomic E-state index is -0.905. The lowest BCUT2D eigenvalue weighted by Crippen LogP contribution is -2.56. The molecule has 2 amide bonds. The fraction of sp³-hybridized carbons (Fsp3) is 0.744. The lowest BCUT2D eigenvalue weighted by atomic mass is 9.59. The van der Waals surface area contributed by atoms with Gasteiger partial charge in [0, 0.05) is 51.3 Å². The molecule has 296 valence electrons. The Labute approximate surface area is 311 Å². The van der Waals surface area contributed by atoms with E-state index in [0.29, 0.717) is 29.7 Å². The van der Waals surface area contributed by atoms with E-state index in [0.717, 1.165) is 44.0 Å². The zero-order chi connectivity index (χ0) is 38.8. The number of likely N-dealkylation sites (N-methyl/N-ethyl adjacent to an activating group) is 2. The quantitative estimate of drug-likeness (QED) is 0.139. The van der Waals surface area contributed by atoms with Crippen LogP contribution in [-0.2, 0) is 9.59 Å². The van der Waals surface area contributed by atoms with Crippen molar-refractivity contribution in [3.8, 4) is 0 Å². The molecule has 3 saturated heterocycles. The van der Waals surface area contributed by atoms with Crippen LogP contribution in [0, 0.1) is 17.2 Å². The van der Waals surface area contributed by atoms with Gasteiger partial charge >= 0.3 is 0 Å². The smallest absolute Gasteiger partial charge is 0.255 e. The molecule has 1 saturated carbocycles. The number of carbonyl (C=O) groups is 4. The van der Waals surface area contributed by atoms with Crippen LogP contribution in [0.4, 0.5) is 10.1 Å². The molecule has 1 atom stereocenters. The largest absolute Gasteiger partial charge is 0.369 e. The maximum atomic E-state index is 15.4. The number of anilines is 1. The third kappa shape index (κ3) is 12.0. The van der Waals surface area contributed by atoms with Crippen molar-refractivity contribution >= 4 is 30.1 Å². The summed E-state index contributed by atoms with van der Waals surface area (Å²) >= 11 is 0. The van der Waals surface area contributed by atoms with Crippen molar-refractivity contribution in [2.45, 2.75) is 110 Å².